The molecule has 0 spiro atoms. The van der Waals surface area contributed by atoms with Gasteiger partial charge < -0.3 is 18.8 Å². The van der Waals surface area contributed by atoms with Gasteiger partial charge in [0.25, 0.3) is 0 Å². The minimum Gasteiger partial charge on any atom is -0.454 e. The predicted molar refractivity (Wildman–Crippen MR) is 84.7 cm³/mol. The molecule has 1 saturated heterocycles. The van der Waals surface area contributed by atoms with Gasteiger partial charge in [-0.2, -0.15) is 0 Å². The lowest BCUT2D eigenvalue weighted by molar-refractivity contribution is -0.132. The molecule has 2 aromatic rings. The number of ether oxygens (including phenoxy) is 2. The van der Waals surface area contributed by atoms with E-state index in [1.165, 1.54) is 0 Å². The van der Waals surface area contributed by atoms with Gasteiger partial charge in [-0.3, -0.25) is 4.79 Å². The Morgan fingerprint density at radius 1 is 1.29 bits per heavy atom. The van der Waals surface area contributed by atoms with Crippen LogP contribution in [-0.4, -0.2) is 40.9 Å². The Bertz CT molecular complexity index is 758. The molecule has 4 rings (SSSR count). The third-order valence-corrected chi connectivity index (χ3v) is 4.49. The molecule has 126 valence electrons. The van der Waals surface area contributed by atoms with Gasteiger partial charge in [-0.25, -0.2) is 0 Å². The molecule has 1 atom stereocenters. The number of carbonyl (C=O) groups is 1. The Hall–Kier alpha value is -2.57. The Labute approximate surface area is 139 Å². The summed E-state index contributed by atoms with van der Waals surface area (Å²) in [5, 5.41) is 8.36. The molecule has 0 aliphatic carbocycles. The summed E-state index contributed by atoms with van der Waals surface area (Å²) >= 11 is 0. The van der Waals surface area contributed by atoms with Crippen LogP contribution < -0.4 is 9.47 Å². The van der Waals surface area contributed by atoms with Gasteiger partial charge in [0.05, 0.1) is 5.92 Å². The molecule has 3 heterocycles. The van der Waals surface area contributed by atoms with E-state index in [4.69, 9.17) is 13.9 Å². The standard InChI is InChI=1S/C17H19N3O4/c1-2-15(21)20-7-3-4-12(9-20)17-19-18-16(24-17)11-5-6-13-14(8-11)23-10-22-13/h5-6,8,12H,2-4,7,9-10H2,1H3/t12-/m1/s1. The van der Waals surface area contributed by atoms with E-state index in [1.807, 2.05) is 30.0 Å². The summed E-state index contributed by atoms with van der Waals surface area (Å²) in [5.41, 5.74) is 0.801. The maximum absolute atomic E-state index is 11.9. The number of likely N-dealkylation sites (tertiary alicyclic amines) is 1. The van der Waals surface area contributed by atoms with E-state index < -0.39 is 0 Å². The Balaban J connectivity index is 1.53. The molecular formula is C17H19N3O4. The van der Waals surface area contributed by atoms with E-state index >= 15 is 0 Å². The smallest absolute Gasteiger partial charge is 0.247 e. The number of hydrogen-bond acceptors (Lipinski definition) is 6. The first kappa shape index (κ1) is 15.0. The summed E-state index contributed by atoms with van der Waals surface area (Å²) in [6, 6.07) is 5.55. The number of rotatable bonds is 3. The molecule has 1 amide bonds. The van der Waals surface area contributed by atoms with Crippen LogP contribution in [-0.2, 0) is 4.79 Å². The fraction of sp³-hybridized carbons (Fsp3) is 0.471. The number of benzene rings is 1. The van der Waals surface area contributed by atoms with Crippen LogP contribution in [0.15, 0.2) is 22.6 Å². The van der Waals surface area contributed by atoms with E-state index in [2.05, 4.69) is 10.2 Å². The predicted octanol–water partition coefficient (Wildman–Crippen LogP) is 2.58. The summed E-state index contributed by atoms with van der Waals surface area (Å²) in [6.45, 7) is 3.58. The Morgan fingerprint density at radius 3 is 3.04 bits per heavy atom. The van der Waals surface area contributed by atoms with Crippen molar-refractivity contribution in [2.75, 3.05) is 19.9 Å². The average molecular weight is 329 g/mol. The number of nitrogens with zero attached hydrogens (tertiary/aromatic N) is 3. The van der Waals surface area contributed by atoms with Gasteiger partial charge >= 0.3 is 0 Å². The lowest BCUT2D eigenvalue weighted by atomic mass is 9.98. The van der Waals surface area contributed by atoms with Crippen molar-refractivity contribution < 1.29 is 18.7 Å². The van der Waals surface area contributed by atoms with Gasteiger partial charge in [0.15, 0.2) is 11.5 Å². The molecule has 7 nitrogen and oxygen atoms in total. The number of fused-ring (bicyclic) bond motifs is 1. The van der Waals surface area contributed by atoms with Crippen LogP contribution in [0.4, 0.5) is 0 Å². The number of aromatic nitrogens is 2. The van der Waals surface area contributed by atoms with Gasteiger partial charge in [0, 0.05) is 25.1 Å². The SMILES string of the molecule is CCC(=O)N1CCC[C@@H](c2nnc(-c3ccc4c(c3)OCO4)o2)C1. The number of carbonyl (C=O) groups excluding carboxylic acids is 1. The zero-order chi connectivity index (χ0) is 16.5. The van der Waals surface area contributed by atoms with Crippen molar-refractivity contribution in [2.24, 2.45) is 0 Å². The fourth-order valence-electron chi connectivity index (χ4n) is 3.17. The van der Waals surface area contributed by atoms with Crippen LogP contribution in [0.1, 0.15) is 38.0 Å². The molecular weight excluding hydrogens is 310 g/mol. The van der Waals surface area contributed by atoms with Crippen molar-refractivity contribution in [3.63, 3.8) is 0 Å². The summed E-state index contributed by atoms with van der Waals surface area (Å²) in [6.07, 6.45) is 2.44. The van der Waals surface area contributed by atoms with Crippen LogP contribution in [0.2, 0.25) is 0 Å². The first-order valence-corrected chi connectivity index (χ1v) is 8.26. The van der Waals surface area contributed by atoms with E-state index in [9.17, 15) is 4.79 Å². The maximum Gasteiger partial charge on any atom is 0.247 e. The molecule has 0 N–H and O–H groups in total. The molecule has 2 aliphatic rings. The molecule has 0 saturated carbocycles. The molecule has 24 heavy (non-hydrogen) atoms. The summed E-state index contributed by atoms with van der Waals surface area (Å²) in [7, 11) is 0. The zero-order valence-electron chi connectivity index (χ0n) is 13.5. The van der Waals surface area contributed by atoms with Crippen molar-refractivity contribution in [3.8, 4) is 23.0 Å². The monoisotopic (exact) mass is 329 g/mol. The van der Waals surface area contributed by atoms with Crippen molar-refractivity contribution in [3.05, 3.63) is 24.1 Å². The fourth-order valence-corrected chi connectivity index (χ4v) is 3.17. The van der Waals surface area contributed by atoms with Gasteiger partial charge in [-0.05, 0) is 31.0 Å². The Kier molecular flexibility index (Phi) is 3.84. The van der Waals surface area contributed by atoms with Gasteiger partial charge in [-0.1, -0.05) is 6.92 Å². The minimum atomic E-state index is 0.101. The summed E-state index contributed by atoms with van der Waals surface area (Å²) in [4.78, 5) is 13.8. The molecule has 2 aliphatic heterocycles. The van der Waals surface area contributed by atoms with E-state index in [0.29, 0.717) is 30.5 Å². The van der Waals surface area contributed by atoms with Crippen LogP contribution in [0.3, 0.4) is 0 Å². The van der Waals surface area contributed by atoms with Gasteiger partial charge in [0.1, 0.15) is 0 Å². The van der Waals surface area contributed by atoms with E-state index in [1.54, 1.807) is 0 Å². The molecule has 0 unspecified atom stereocenters. The summed E-state index contributed by atoms with van der Waals surface area (Å²) < 4.78 is 16.6. The highest BCUT2D eigenvalue weighted by Crippen LogP contribution is 2.36. The van der Waals surface area contributed by atoms with Crippen LogP contribution in [0.25, 0.3) is 11.5 Å². The third kappa shape index (κ3) is 2.70. The van der Waals surface area contributed by atoms with Crippen molar-refractivity contribution in [2.45, 2.75) is 32.1 Å². The number of amides is 1. The molecule has 0 bridgehead atoms. The lowest BCUT2D eigenvalue weighted by Gasteiger charge is -2.30. The third-order valence-electron chi connectivity index (χ3n) is 4.49. The highest BCUT2D eigenvalue weighted by Gasteiger charge is 2.28. The van der Waals surface area contributed by atoms with Gasteiger partial charge in [0.2, 0.25) is 24.5 Å². The van der Waals surface area contributed by atoms with Crippen LogP contribution in [0, 0.1) is 0 Å². The second-order valence-electron chi connectivity index (χ2n) is 6.05. The topological polar surface area (TPSA) is 77.7 Å². The molecule has 1 fully saturated rings. The van der Waals surface area contributed by atoms with Gasteiger partial charge in [-0.15, -0.1) is 10.2 Å². The van der Waals surface area contributed by atoms with Crippen molar-refractivity contribution in [1.82, 2.24) is 15.1 Å². The van der Waals surface area contributed by atoms with Crippen LogP contribution >= 0.6 is 0 Å². The summed E-state index contributed by atoms with van der Waals surface area (Å²) in [5.74, 6) is 2.74. The number of hydrogen-bond donors (Lipinski definition) is 0. The quantitative estimate of drug-likeness (QED) is 0.861. The normalized spacial score (nSPS) is 19.5. The lowest BCUT2D eigenvalue weighted by Crippen LogP contribution is -2.38. The van der Waals surface area contributed by atoms with E-state index in [0.717, 1.165) is 30.7 Å². The second kappa shape index (κ2) is 6.14. The molecule has 7 heteroatoms. The highest BCUT2D eigenvalue weighted by atomic mass is 16.7. The minimum absolute atomic E-state index is 0.101. The Morgan fingerprint density at radius 2 is 2.17 bits per heavy atom. The zero-order valence-corrected chi connectivity index (χ0v) is 13.5. The van der Waals surface area contributed by atoms with Crippen molar-refractivity contribution >= 4 is 5.91 Å². The average Bonchev–Trinajstić information content (AvgIpc) is 3.29. The largest absolute Gasteiger partial charge is 0.454 e. The van der Waals surface area contributed by atoms with Crippen LogP contribution in [0.5, 0.6) is 11.5 Å². The second-order valence-corrected chi connectivity index (χ2v) is 6.05. The molecule has 1 aromatic carbocycles. The number of piperidine rings is 1. The first-order chi connectivity index (χ1) is 11.7. The maximum atomic E-state index is 11.9. The first-order valence-electron chi connectivity index (χ1n) is 8.26. The molecule has 0 radical (unpaired) electrons. The van der Waals surface area contributed by atoms with E-state index in [-0.39, 0.29) is 18.6 Å². The molecule has 1 aromatic heterocycles. The highest BCUT2D eigenvalue weighted by molar-refractivity contribution is 5.76. The van der Waals surface area contributed by atoms with Crippen molar-refractivity contribution in [1.29, 1.82) is 0 Å².